The minimum Gasteiger partial charge on any atom is -0.288 e. The highest BCUT2D eigenvalue weighted by atomic mass is 19.3. The molecule has 0 aromatic heterocycles. The van der Waals surface area contributed by atoms with Gasteiger partial charge in [0.15, 0.2) is 0 Å². The van der Waals surface area contributed by atoms with E-state index >= 15 is 0 Å². The fourth-order valence-corrected chi connectivity index (χ4v) is 1.09. The second kappa shape index (κ2) is 4.12. The molecule has 0 saturated carbocycles. The molecule has 0 bridgehead atoms. The minimum absolute atomic E-state index is 0.325. The van der Waals surface area contributed by atoms with E-state index in [0.717, 1.165) is 12.1 Å². The van der Waals surface area contributed by atoms with Crippen molar-refractivity contribution in [2.45, 2.75) is 13.3 Å². The molecule has 6 heteroatoms. The van der Waals surface area contributed by atoms with Crippen LogP contribution in [0.5, 0.6) is 0 Å². The number of hydrogen-bond acceptors (Lipinski definition) is 3. The molecule has 0 atom stereocenters. The third kappa shape index (κ3) is 2.34. The Morgan fingerprint density at radius 3 is 2.53 bits per heavy atom. The molecule has 80 valence electrons. The monoisotopic (exact) mass is 215 g/mol. The van der Waals surface area contributed by atoms with Crippen molar-refractivity contribution in [2.75, 3.05) is 0 Å². The average molecular weight is 215 g/mol. The van der Waals surface area contributed by atoms with E-state index in [2.05, 4.69) is 0 Å². The van der Waals surface area contributed by atoms with Crippen molar-refractivity contribution in [3.63, 3.8) is 0 Å². The maximum atomic E-state index is 12.0. The van der Waals surface area contributed by atoms with E-state index in [1.54, 1.807) is 0 Å². The molecule has 0 saturated heterocycles. The summed E-state index contributed by atoms with van der Waals surface area (Å²) < 4.78 is 24.1. The molecule has 0 radical (unpaired) electrons. The van der Waals surface area contributed by atoms with Gasteiger partial charge in [0.25, 0.3) is 5.69 Å². The Morgan fingerprint density at radius 1 is 1.47 bits per heavy atom. The maximum absolute atomic E-state index is 12.0. The van der Waals surface area contributed by atoms with Crippen LogP contribution in [0.2, 0.25) is 0 Å². The summed E-state index contributed by atoms with van der Waals surface area (Å²) in [5.41, 5.74) is -0.352. The topological polar surface area (TPSA) is 60.2 Å². The molecular weight excluding hydrogens is 208 g/mol. The number of nitro benzene ring substituents is 1. The lowest BCUT2D eigenvalue weighted by Crippen LogP contribution is -2.10. The molecule has 0 unspecified atom stereocenters. The Hall–Kier alpha value is -1.85. The Bertz CT molecular complexity index is 418. The zero-order valence-corrected chi connectivity index (χ0v) is 7.74. The number of Topliss-reactive ketones (excluding diaryl/α,β-unsaturated/α-hetero) is 1. The molecule has 0 aliphatic rings. The average Bonchev–Trinajstić information content (AvgIpc) is 2.16. The Kier molecular flexibility index (Phi) is 3.08. The van der Waals surface area contributed by atoms with Crippen LogP contribution in [0.4, 0.5) is 14.5 Å². The molecule has 4 nitrogen and oxygen atoms in total. The normalized spacial score (nSPS) is 10.4. The number of carbonyl (C=O) groups is 1. The number of alkyl halides is 2. The number of carbonyl (C=O) groups excluding carboxylic acids is 1. The molecule has 1 aromatic rings. The minimum atomic E-state index is -3.15. The van der Waals surface area contributed by atoms with Gasteiger partial charge >= 0.3 is 6.43 Å². The number of halogens is 2. The molecule has 0 N–H and O–H groups in total. The summed E-state index contributed by atoms with van der Waals surface area (Å²) in [4.78, 5) is 20.6. The molecule has 0 heterocycles. The van der Waals surface area contributed by atoms with Crippen LogP contribution in [0.25, 0.3) is 0 Å². The highest BCUT2D eigenvalue weighted by molar-refractivity contribution is 5.99. The lowest BCUT2D eigenvalue weighted by molar-refractivity contribution is -0.385. The summed E-state index contributed by atoms with van der Waals surface area (Å²) in [5, 5.41) is 10.5. The number of hydrogen-bond donors (Lipinski definition) is 0. The number of benzene rings is 1. The molecule has 0 fully saturated rings. The van der Waals surface area contributed by atoms with E-state index in [9.17, 15) is 23.7 Å². The summed E-state index contributed by atoms with van der Waals surface area (Å²) >= 11 is 0. The fourth-order valence-electron chi connectivity index (χ4n) is 1.09. The predicted octanol–water partition coefficient (Wildman–Crippen LogP) is 2.35. The van der Waals surface area contributed by atoms with Gasteiger partial charge in [-0.2, -0.15) is 0 Å². The smallest absolute Gasteiger partial charge is 0.288 e. The van der Waals surface area contributed by atoms with Crippen LogP contribution in [0.15, 0.2) is 18.2 Å². The number of aryl methyl sites for hydroxylation is 1. The van der Waals surface area contributed by atoms with Crippen molar-refractivity contribution in [3.05, 3.63) is 39.4 Å². The Morgan fingerprint density at radius 2 is 2.07 bits per heavy atom. The third-order valence-electron chi connectivity index (χ3n) is 1.89. The van der Waals surface area contributed by atoms with Crippen LogP contribution < -0.4 is 0 Å². The Labute approximate surface area is 83.7 Å². The molecule has 0 amide bonds. The molecular formula is C9H7F2NO3. The first-order chi connectivity index (χ1) is 6.93. The summed E-state index contributed by atoms with van der Waals surface area (Å²) in [5.74, 6) is -1.40. The summed E-state index contributed by atoms with van der Waals surface area (Å²) in [7, 11) is 0. The van der Waals surface area contributed by atoms with Crippen molar-refractivity contribution in [1.82, 2.24) is 0 Å². The largest absolute Gasteiger partial charge is 0.300 e. The van der Waals surface area contributed by atoms with Gasteiger partial charge in [-0.15, -0.1) is 0 Å². The molecule has 0 aliphatic heterocycles. The zero-order valence-electron chi connectivity index (χ0n) is 7.74. The predicted molar refractivity (Wildman–Crippen MR) is 48.2 cm³/mol. The van der Waals surface area contributed by atoms with Gasteiger partial charge in [-0.05, 0) is 6.92 Å². The fraction of sp³-hybridized carbons (Fsp3) is 0.222. The van der Waals surface area contributed by atoms with E-state index in [4.69, 9.17) is 0 Å². The molecule has 15 heavy (non-hydrogen) atoms. The van der Waals surface area contributed by atoms with Crippen molar-refractivity contribution < 1.29 is 18.5 Å². The summed E-state index contributed by atoms with van der Waals surface area (Å²) in [6.07, 6.45) is -3.15. The summed E-state index contributed by atoms with van der Waals surface area (Å²) in [6.45, 7) is 1.47. The lowest BCUT2D eigenvalue weighted by Gasteiger charge is -2.01. The van der Waals surface area contributed by atoms with Crippen molar-refractivity contribution >= 4 is 11.5 Å². The SMILES string of the molecule is Cc1ccc(C(=O)C(F)F)cc1[N+](=O)[O-]. The second-order valence-electron chi connectivity index (χ2n) is 2.92. The van der Waals surface area contributed by atoms with Crippen LogP contribution in [0.3, 0.4) is 0 Å². The van der Waals surface area contributed by atoms with E-state index in [1.165, 1.54) is 13.0 Å². The first-order valence-electron chi connectivity index (χ1n) is 4.01. The van der Waals surface area contributed by atoms with E-state index in [1.807, 2.05) is 0 Å². The first-order valence-corrected chi connectivity index (χ1v) is 4.01. The summed E-state index contributed by atoms with van der Waals surface area (Å²) in [6, 6.07) is 3.29. The van der Waals surface area contributed by atoms with Crippen molar-refractivity contribution in [2.24, 2.45) is 0 Å². The van der Waals surface area contributed by atoms with Crippen molar-refractivity contribution in [3.8, 4) is 0 Å². The maximum Gasteiger partial charge on any atom is 0.300 e. The van der Waals surface area contributed by atoms with E-state index in [-0.39, 0.29) is 11.3 Å². The van der Waals surface area contributed by atoms with Crippen molar-refractivity contribution in [1.29, 1.82) is 0 Å². The number of nitrogens with zero attached hydrogens (tertiary/aromatic N) is 1. The highest BCUT2D eigenvalue weighted by Gasteiger charge is 2.21. The van der Waals surface area contributed by atoms with Gasteiger partial charge in [-0.3, -0.25) is 14.9 Å². The quantitative estimate of drug-likeness (QED) is 0.441. The van der Waals surface area contributed by atoms with Crippen LogP contribution >= 0.6 is 0 Å². The highest BCUT2D eigenvalue weighted by Crippen LogP contribution is 2.20. The van der Waals surface area contributed by atoms with Crippen LogP contribution in [-0.4, -0.2) is 17.1 Å². The molecule has 1 rings (SSSR count). The number of nitro groups is 1. The molecule has 0 aliphatic carbocycles. The molecule has 0 spiro atoms. The van der Waals surface area contributed by atoms with Gasteiger partial charge in [-0.25, -0.2) is 8.78 Å². The van der Waals surface area contributed by atoms with Gasteiger partial charge < -0.3 is 0 Å². The standard InChI is InChI=1S/C9H7F2NO3/c1-5-2-3-6(8(13)9(10)11)4-7(5)12(14)15/h2-4,9H,1H3. The lowest BCUT2D eigenvalue weighted by atomic mass is 10.1. The van der Waals surface area contributed by atoms with Crippen LogP contribution in [0, 0.1) is 17.0 Å². The van der Waals surface area contributed by atoms with Gasteiger partial charge in [0.2, 0.25) is 5.78 Å². The van der Waals surface area contributed by atoms with E-state index < -0.39 is 17.1 Å². The third-order valence-corrected chi connectivity index (χ3v) is 1.89. The van der Waals surface area contributed by atoms with E-state index in [0.29, 0.717) is 5.56 Å². The first kappa shape index (κ1) is 11.2. The number of rotatable bonds is 3. The van der Waals surface area contributed by atoms with Crippen LogP contribution in [0.1, 0.15) is 15.9 Å². The van der Waals surface area contributed by atoms with Crippen LogP contribution in [-0.2, 0) is 0 Å². The van der Waals surface area contributed by atoms with Gasteiger partial charge in [-0.1, -0.05) is 12.1 Å². The van der Waals surface area contributed by atoms with Gasteiger partial charge in [0.05, 0.1) is 4.92 Å². The second-order valence-corrected chi connectivity index (χ2v) is 2.92. The van der Waals surface area contributed by atoms with Gasteiger partial charge in [0, 0.05) is 17.2 Å². The van der Waals surface area contributed by atoms with Gasteiger partial charge in [0.1, 0.15) is 0 Å². The zero-order chi connectivity index (χ0) is 11.6. The Balaban J connectivity index is 3.19. The molecule has 1 aromatic carbocycles. The number of ketones is 1.